The summed E-state index contributed by atoms with van der Waals surface area (Å²) in [6.07, 6.45) is 0. The predicted molar refractivity (Wildman–Crippen MR) is 65.8 cm³/mol. The van der Waals surface area contributed by atoms with E-state index in [1.54, 1.807) is 0 Å². The highest BCUT2D eigenvalue weighted by Gasteiger charge is 2.11. The lowest BCUT2D eigenvalue weighted by Crippen LogP contribution is -2.00. The lowest BCUT2D eigenvalue weighted by Gasteiger charge is -2.06. The summed E-state index contributed by atoms with van der Waals surface area (Å²) in [5.74, 6) is -1.24. The zero-order chi connectivity index (χ0) is 13.3. The van der Waals surface area contributed by atoms with Gasteiger partial charge in [0.15, 0.2) is 5.16 Å². The molecule has 0 spiro atoms. The maximum atomic E-state index is 13.2. The highest BCUT2D eigenvalue weighted by atomic mass is 32.2. The van der Waals surface area contributed by atoms with Gasteiger partial charge in [-0.3, -0.25) is 0 Å². The molecule has 0 aliphatic heterocycles. The molecule has 0 radical (unpaired) electrons. The highest BCUT2D eigenvalue weighted by molar-refractivity contribution is 7.99. The smallest absolute Gasteiger partial charge is 0.196 e. The molecule has 0 aliphatic carbocycles. The summed E-state index contributed by atoms with van der Waals surface area (Å²) in [4.78, 5) is 7.92. The third-order valence-electron chi connectivity index (χ3n) is 2.00. The fourth-order valence-electron chi connectivity index (χ4n) is 1.25. The van der Waals surface area contributed by atoms with E-state index in [0.29, 0.717) is 6.07 Å². The van der Waals surface area contributed by atoms with Gasteiger partial charge in [-0.2, -0.15) is 0 Å². The number of nitrogens with two attached hydrogens (primary N) is 3. The van der Waals surface area contributed by atoms with Crippen molar-refractivity contribution in [2.45, 2.75) is 10.1 Å². The van der Waals surface area contributed by atoms with Crippen LogP contribution in [0, 0.1) is 11.6 Å². The van der Waals surface area contributed by atoms with Gasteiger partial charge in [0.25, 0.3) is 0 Å². The molecule has 0 saturated carbocycles. The zero-order valence-corrected chi connectivity index (χ0v) is 9.84. The van der Waals surface area contributed by atoms with Gasteiger partial charge >= 0.3 is 0 Å². The number of anilines is 3. The van der Waals surface area contributed by atoms with E-state index in [4.69, 9.17) is 17.2 Å². The van der Waals surface area contributed by atoms with E-state index in [1.165, 1.54) is 6.07 Å². The van der Waals surface area contributed by atoms with Crippen LogP contribution >= 0.6 is 11.8 Å². The maximum Gasteiger partial charge on any atom is 0.196 e. The second-order valence-electron chi connectivity index (χ2n) is 3.40. The number of aromatic nitrogens is 2. The average Bonchev–Trinajstić information content (AvgIpc) is 2.23. The third-order valence-corrected chi connectivity index (χ3v) is 2.93. The van der Waals surface area contributed by atoms with Crippen LogP contribution in [0.2, 0.25) is 0 Å². The first-order chi connectivity index (χ1) is 8.45. The summed E-state index contributed by atoms with van der Waals surface area (Å²) in [6, 6.07) is 3.17. The second-order valence-corrected chi connectivity index (χ2v) is 4.41. The zero-order valence-electron chi connectivity index (χ0n) is 9.02. The molecule has 1 heterocycles. The monoisotopic (exact) mass is 269 g/mol. The second kappa shape index (κ2) is 4.65. The Balaban J connectivity index is 2.39. The molecule has 94 valence electrons. The number of benzene rings is 1. The molecule has 2 aromatic rings. The lowest BCUT2D eigenvalue weighted by molar-refractivity contribution is 0.581. The number of rotatable bonds is 2. The van der Waals surface area contributed by atoms with Gasteiger partial charge in [0, 0.05) is 17.0 Å². The van der Waals surface area contributed by atoms with Crippen molar-refractivity contribution in [2.24, 2.45) is 0 Å². The van der Waals surface area contributed by atoms with Crippen LogP contribution in [-0.2, 0) is 0 Å². The Morgan fingerprint density at radius 3 is 2.17 bits per heavy atom. The van der Waals surface area contributed by atoms with Crippen molar-refractivity contribution >= 4 is 29.1 Å². The van der Waals surface area contributed by atoms with Gasteiger partial charge in [-0.05, 0) is 17.8 Å². The quantitative estimate of drug-likeness (QED) is 0.565. The van der Waals surface area contributed by atoms with E-state index >= 15 is 0 Å². The van der Waals surface area contributed by atoms with E-state index in [2.05, 4.69) is 9.97 Å². The normalized spacial score (nSPS) is 10.6. The standard InChI is InChI=1S/C10H9F2N5S/c11-4-1-5(12)9(15)6(2-4)18-10-16-7(13)3-8(14)17-10/h1-3H,15H2,(H4,13,14,16,17). The van der Waals surface area contributed by atoms with Crippen molar-refractivity contribution < 1.29 is 8.78 Å². The molecule has 8 heteroatoms. The molecule has 0 aliphatic rings. The summed E-state index contributed by atoms with van der Waals surface area (Å²) in [6.45, 7) is 0. The Labute approximate surface area is 105 Å². The summed E-state index contributed by atoms with van der Waals surface area (Å²) in [7, 11) is 0. The Bertz CT molecular complexity index is 585. The molecule has 1 aromatic carbocycles. The molecule has 0 bridgehead atoms. The van der Waals surface area contributed by atoms with Crippen molar-refractivity contribution in [2.75, 3.05) is 17.2 Å². The van der Waals surface area contributed by atoms with Crippen molar-refractivity contribution in [3.63, 3.8) is 0 Å². The number of nitrogens with zero attached hydrogens (tertiary/aromatic N) is 2. The van der Waals surface area contributed by atoms with Crippen LogP contribution in [0.4, 0.5) is 26.1 Å². The third kappa shape index (κ3) is 2.59. The van der Waals surface area contributed by atoms with E-state index < -0.39 is 11.6 Å². The summed E-state index contributed by atoms with van der Waals surface area (Å²) < 4.78 is 26.3. The predicted octanol–water partition coefficient (Wildman–Crippen LogP) is 1.65. The minimum absolute atomic E-state index is 0.164. The van der Waals surface area contributed by atoms with Crippen LogP contribution in [0.5, 0.6) is 0 Å². The van der Waals surface area contributed by atoms with E-state index in [0.717, 1.165) is 17.8 Å². The van der Waals surface area contributed by atoms with E-state index in [-0.39, 0.29) is 27.4 Å². The molecule has 18 heavy (non-hydrogen) atoms. The fraction of sp³-hybridized carbons (Fsp3) is 0. The molecule has 6 N–H and O–H groups in total. The molecule has 0 amide bonds. The molecule has 0 unspecified atom stereocenters. The summed E-state index contributed by atoms with van der Waals surface area (Å²) in [5.41, 5.74) is 16.3. The first-order valence-electron chi connectivity index (χ1n) is 4.78. The SMILES string of the molecule is Nc1cc(N)nc(Sc2cc(F)cc(F)c2N)n1. The largest absolute Gasteiger partial charge is 0.395 e. The molecular formula is C10H9F2N5S. The van der Waals surface area contributed by atoms with Crippen LogP contribution in [0.3, 0.4) is 0 Å². The highest BCUT2D eigenvalue weighted by Crippen LogP contribution is 2.32. The van der Waals surface area contributed by atoms with Crippen molar-refractivity contribution in [3.05, 3.63) is 29.8 Å². The number of hydrogen-bond donors (Lipinski definition) is 3. The Hall–Kier alpha value is -2.09. The summed E-state index contributed by atoms with van der Waals surface area (Å²) >= 11 is 0.884. The molecular weight excluding hydrogens is 260 g/mol. The molecule has 2 rings (SSSR count). The van der Waals surface area contributed by atoms with Crippen LogP contribution in [0.1, 0.15) is 0 Å². The van der Waals surface area contributed by atoms with Crippen molar-refractivity contribution in [1.29, 1.82) is 0 Å². The average molecular weight is 269 g/mol. The molecule has 0 saturated heterocycles. The number of nitrogen functional groups attached to an aromatic ring is 3. The van der Waals surface area contributed by atoms with Crippen molar-refractivity contribution in [3.8, 4) is 0 Å². The molecule has 5 nitrogen and oxygen atoms in total. The van der Waals surface area contributed by atoms with Gasteiger partial charge in [-0.25, -0.2) is 18.7 Å². The van der Waals surface area contributed by atoms with Crippen molar-refractivity contribution in [1.82, 2.24) is 9.97 Å². The first kappa shape index (κ1) is 12.4. The topological polar surface area (TPSA) is 104 Å². The Morgan fingerprint density at radius 2 is 1.56 bits per heavy atom. The maximum absolute atomic E-state index is 13.2. The van der Waals surface area contributed by atoms with Crippen LogP contribution in [0.25, 0.3) is 0 Å². The molecule has 0 atom stereocenters. The Morgan fingerprint density at radius 1 is 0.944 bits per heavy atom. The van der Waals surface area contributed by atoms with E-state index in [1.807, 2.05) is 0 Å². The minimum atomic E-state index is -0.839. The summed E-state index contributed by atoms with van der Waals surface area (Å²) in [5, 5.41) is 0.171. The van der Waals surface area contributed by atoms with E-state index in [9.17, 15) is 8.78 Å². The van der Waals surface area contributed by atoms with Crippen LogP contribution in [0.15, 0.2) is 28.3 Å². The number of hydrogen-bond acceptors (Lipinski definition) is 6. The molecule has 0 fully saturated rings. The van der Waals surface area contributed by atoms with Gasteiger partial charge in [-0.15, -0.1) is 0 Å². The lowest BCUT2D eigenvalue weighted by atomic mass is 10.3. The molecule has 1 aromatic heterocycles. The van der Waals surface area contributed by atoms with Gasteiger partial charge in [-0.1, -0.05) is 0 Å². The van der Waals surface area contributed by atoms with Crippen LogP contribution < -0.4 is 17.2 Å². The van der Waals surface area contributed by atoms with Gasteiger partial charge in [0.2, 0.25) is 0 Å². The van der Waals surface area contributed by atoms with Gasteiger partial charge < -0.3 is 17.2 Å². The minimum Gasteiger partial charge on any atom is -0.395 e. The Kier molecular flexibility index (Phi) is 3.19. The van der Waals surface area contributed by atoms with Crippen LogP contribution in [-0.4, -0.2) is 9.97 Å². The van der Waals surface area contributed by atoms with Gasteiger partial charge in [0.05, 0.1) is 5.69 Å². The fourth-order valence-corrected chi connectivity index (χ4v) is 2.13. The first-order valence-corrected chi connectivity index (χ1v) is 5.60. The number of halogens is 2. The van der Waals surface area contributed by atoms with Gasteiger partial charge in [0.1, 0.15) is 23.3 Å².